The lowest BCUT2D eigenvalue weighted by Gasteiger charge is -2.40. The van der Waals surface area contributed by atoms with Gasteiger partial charge in [0.25, 0.3) is 0 Å². The van der Waals surface area contributed by atoms with Crippen LogP contribution in [0.5, 0.6) is 0 Å². The van der Waals surface area contributed by atoms with E-state index in [4.69, 9.17) is 9.47 Å². The van der Waals surface area contributed by atoms with Crippen LogP contribution in [-0.4, -0.2) is 110 Å². The van der Waals surface area contributed by atoms with Crippen LogP contribution in [0, 0.1) is 0 Å². The number of hydrogen-bond donors (Lipinski definition) is 8. The molecule has 1 saturated heterocycles. The van der Waals surface area contributed by atoms with Gasteiger partial charge < -0.3 is 50.5 Å². The quantitative estimate of drug-likeness (QED) is 0.0215. The SMILES string of the molecule is CCCCCCCCCCCCCCCCC/C=C\C/C=C\CCCCCCCCCCCCCCCCCCC(O)C(=O)NC(COC1OC(CO)C(O)C(O)C1O)C(O)C(O)CCCCCCCCCCCCCCCCCCCCCCCCCCCCC. The van der Waals surface area contributed by atoms with Crippen molar-refractivity contribution in [2.45, 2.75) is 473 Å². The fourth-order valence-corrected chi connectivity index (χ4v) is 13.5. The highest BCUT2D eigenvalue weighted by Gasteiger charge is 2.44. The van der Waals surface area contributed by atoms with Crippen molar-refractivity contribution in [1.29, 1.82) is 0 Å². The molecule has 0 saturated carbocycles. The molecule has 546 valence electrons. The maximum Gasteiger partial charge on any atom is 0.249 e. The summed E-state index contributed by atoms with van der Waals surface area (Å²) in [4.78, 5) is 13.3. The standard InChI is InChI=1S/C81H157NO10/c1-3-5-7-9-11-13-15-17-19-21-23-25-27-29-31-32-33-34-35-36-37-38-39-40-41-43-45-47-49-51-53-55-57-59-61-63-65-67-69-74(85)80(90)82-72(71-91-81-79(89)78(88)77(87)75(70-83)92-81)76(86)73(84)68-66-64-62-60-58-56-54-52-50-48-46-44-42-30-28-26-24-22-20-18-16-14-12-10-8-6-4-2/h33-34,36-37,72-79,81,83-89H,3-32,35,38-71H2,1-2H3,(H,82,90)/b34-33-,37-36-. The van der Waals surface area contributed by atoms with Gasteiger partial charge in [0.1, 0.15) is 36.6 Å². The van der Waals surface area contributed by atoms with Gasteiger partial charge in [-0.15, -0.1) is 0 Å². The van der Waals surface area contributed by atoms with E-state index in [2.05, 4.69) is 43.5 Å². The van der Waals surface area contributed by atoms with E-state index in [0.717, 1.165) is 44.9 Å². The van der Waals surface area contributed by atoms with Crippen LogP contribution in [0.1, 0.15) is 418 Å². The second-order valence-electron chi connectivity index (χ2n) is 28.9. The first-order chi connectivity index (χ1) is 45.2. The summed E-state index contributed by atoms with van der Waals surface area (Å²) in [5.41, 5.74) is 0. The number of carbonyl (C=O) groups excluding carboxylic acids is 1. The Kier molecular flexibility index (Phi) is 66.9. The van der Waals surface area contributed by atoms with Crippen molar-refractivity contribution in [3.63, 3.8) is 0 Å². The van der Waals surface area contributed by atoms with Crippen LogP contribution in [0.2, 0.25) is 0 Å². The van der Waals surface area contributed by atoms with Crippen LogP contribution in [-0.2, 0) is 14.3 Å². The molecule has 0 spiro atoms. The van der Waals surface area contributed by atoms with Crippen molar-refractivity contribution in [2.75, 3.05) is 13.2 Å². The van der Waals surface area contributed by atoms with Crippen LogP contribution in [0.15, 0.2) is 24.3 Å². The molecular weight excluding hydrogens is 1150 g/mol. The predicted molar refractivity (Wildman–Crippen MR) is 390 cm³/mol. The van der Waals surface area contributed by atoms with E-state index in [1.165, 1.54) is 334 Å². The highest BCUT2D eigenvalue weighted by Crippen LogP contribution is 2.25. The Balaban J connectivity index is 2.11. The molecule has 1 aliphatic rings. The minimum atomic E-state index is -1.66. The first-order valence-corrected chi connectivity index (χ1v) is 40.7. The summed E-state index contributed by atoms with van der Waals surface area (Å²) in [6.07, 6.45) is 78.7. The van der Waals surface area contributed by atoms with Crippen molar-refractivity contribution in [1.82, 2.24) is 5.32 Å². The van der Waals surface area contributed by atoms with E-state index in [1.54, 1.807) is 0 Å². The molecule has 92 heavy (non-hydrogen) atoms. The Morgan fingerprint density at radius 1 is 0.380 bits per heavy atom. The van der Waals surface area contributed by atoms with E-state index in [9.17, 15) is 40.5 Å². The number of amides is 1. The summed E-state index contributed by atoms with van der Waals surface area (Å²) in [5.74, 6) is -0.688. The monoisotopic (exact) mass is 1300 g/mol. The van der Waals surface area contributed by atoms with Gasteiger partial charge in [0.05, 0.1) is 25.4 Å². The fourth-order valence-electron chi connectivity index (χ4n) is 13.5. The zero-order chi connectivity index (χ0) is 66.7. The van der Waals surface area contributed by atoms with Gasteiger partial charge in [0.15, 0.2) is 6.29 Å². The molecular formula is C81H157NO10. The van der Waals surface area contributed by atoms with Gasteiger partial charge in [-0.2, -0.15) is 0 Å². The number of carbonyl (C=O) groups is 1. The second kappa shape index (κ2) is 69.5. The molecule has 0 aromatic heterocycles. The summed E-state index contributed by atoms with van der Waals surface area (Å²) in [5, 5.41) is 76.8. The topological polar surface area (TPSA) is 189 Å². The van der Waals surface area contributed by atoms with E-state index in [1.807, 2.05) is 0 Å². The largest absolute Gasteiger partial charge is 0.394 e. The van der Waals surface area contributed by atoms with E-state index < -0.39 is 74.2 Å². The van der Waals surface area contributed by atoms with Gasteiger partial charge >= 0.3 is 0 Å². The maximum atomic E-state index is 13.3. The first-order valence-electron chi connectivity index (χ1n) is 40.7. The summed E-state index contributed by atoms with van der Waals surface area (Å²) >= 11 is 0. The third-order valence-electron chi connectivity index (χ3n) is 20.0. The highest BCUT2D eigenvalue weighted by atomic mass is 16.7. The Labute approximate surface area is 569 Å². The summed E-state index contributed by atoms with van der Waals surface area (Å²) in [6, 6.07) is -1.17. The minimum Gasteiger partial charge on any atom is -0.394 e. The molecule has 8 N–H and O–H groups in total. The number of ether oxygens (including phenoxy) is 2. The zero-order valence-corrected chi connectivity index (χ0v) is 60.8. The molecule has 1 aliphatic heterocycles. The lowest BCUT2D eigenvalue weighted by Crippen LogP contribution is -2.60. The third kappa shape index (κ3) is 55.6. The number of allylic oxidation sites excluding steroid dienone is 4. The minimum absolute atomic E-state index is 0.263. The van der Waals surface area contributed by atoms with Gasteiger partial charge in [-0.1, -0.05) is 398 Å². The highest BCUT2D eigenvalue weighted by molar-refractivity contribution is 5.80. The lowest BCUT2D eigenvalue weighted by atomic mass is 9.98. The molecule has 1 fully saturated rings. The van der Waals surface area contributed by atoms with Gasteiger partial charge in [-0.25, -0.2) is 0 Å². The lowest BCUT2D eigenvalue weighted by molar-refractivity contribution is -0.303. The van der Waals surface area contributed by atoms with Crippen molar-refractivity contribution in [3.8, 4) is 0 Å². The molecule has 0 aliphatic carbocycles. The van der Waals surface area contributed by atoms with Crippen LogP contribution in [0.25, 0.3) is 0 Å². The molecule has 1 rings (SSSR count). The van der Waals surface area contributed by atoms with Crippen LogP contribution in [0.4, 0.5) is 0 Å². The Morgan fingerprint density at radius 2 is 0.663 bits per heavy atom. The molecule has 0 radical (unpaired) electrons. The number of nitrogens with one attached hydrogen (secondary N) is 1. The summed E-state index contributed by atoms with van der Waals surface area (Å²) < 4.78 is 11.2. The molecule has 1 heterocycles. The van der Waals surface area contributed by atoms with E-state index in [-0.39, 0.29) is 6.42 Å². The van der Waals surface area contributed by atoms with Crippen LogP contribution >= 0.6 is 0 Å². The Hall–Kier alpha value is -1.41. The molecule has 9 atom stereocenters. The van der Waals surface area contributed by atoms with Gasteiger partial charge in [0.2, 0.25) is 5.91 Å². The van der Waals surface area contributed by atoms with E-state index in [0.29, 0.717) is 19.3 Å². The van der Waals surface area contributed by atoms with Crippen molar-refractivity contribution in [2.24, 2.45) is 0 Å². The number of rotatable bonds is 73. The first kappa shape index (κ1) is 88.6. The summed E-state index contributed by atoms with van der Waals surface area (Å²) in [7, 11) is 0. The smallest absolute Gasteiger partial charge is 0.249 e. The number of unbranched alkanes of at least 4 members (excludes halogenated alkanes) is 57. The normalized spacial score (nSPS) is 18.4. The molecule has 0 aromatic rings. The Morgan fingerprint density at radius 3 is 0.967 bits per heavy atom. The average molecular weight is 1310 g/mol. The maximum absolute atomic E-state index is 13.3. The second-order valence-corrected chi connectivity index (χ2v) is 28.9. The number of aliphatic hydroxyl groups is 7. The third-order valence-corrected chi connectivity index (χ3v) is 20.0. The van der Waals surface area contributed by atoms with Crippen molar-refractivity contribution >= 4 is 5.91 Å². The van der Waals surface area contributed by atoms with Gasteiger partial charge in [0, 0.05) is 0 Å². The molecule has 9 unspecified atom stereocenters. The molecule has 11 heteroatoms. The van der Waals surface area contributed by atoms with Gasteiger partial charge in [-0.05, 0) is 44.9 Å². The van der Waals surface area contributed by atoms with E-state index >= 15 is 0 Å². The zero-order valence-electron chi connectivity index (χ0n) is 60.8. The molecule has 0 bridgehead atoms. The van der Waals surface area contributed by atoms with Gasteiger partial charge in [-0.3, -0.25) is 4.79 Å². The van der Waals surface area contributed by atoms with Crippen LogP contribution < -0.4 is 5.32 Å². The van der Waals surface area contributed by atoms with Crippen LogP contribution in [0.3, 0.4) is 0 Å². The number of hydrogen-bond acceptors (Lipinski definition) is 10. The fraction of sp³-hybridized carbons (Fsp3) is 0.938. The van der Waals surface area contributed by atoms with Crippen molar-refractivity contribution in [3.05, 3.63) is 24.3 Å². The molecule has 1 amide bonds. The number of aliphatic hydroxyl groups excluding tert-OH is 7. The molecule has 0 aromatic carbocycles. The summed E-state index contributed by atoms with van der Waals surface area (Å²) in [6.45, 7) is 3.54. The predicted octanol–water partition coefficient (Wildman–Crippen LogP) is 21.1. The molecule has 11 nitrogen and oxygen atoms in total. The Bertz CT molecular complexity index is 1550. The average Bonchev–Trinajstić information content (AvgIpc) is 0.997. The van der Waals surface area contributed by atoms with Crippen molar-refractivity contribution < 1.29 is 50.0 Å².